The number of carbonyl (C=O) groups is 3. The van der Waals surface area contributed by atoms with Crippen molar-refractivity contribution < 1.29 is 108 Å². The molecule has 0 amide bonds. The van der Waals surface area contributed by atoms with E-state index in [4.69, 9.17) is 37.9 Å². The number of allylic oxidation sites excluding steroid dienone is 2. The van der Waals surface area contributed by atoms with E-state index in [2.05, 4.69) is 40.7 Å². The first-order valence-electron chi connectivity index (χ1n) is 29.1. The number of carbonyl (C=O) groups excluding carboxylic acids is 2. The first kappa shape index (κ1) is 62.0. The summed E-state index contributed by atoms with van der Waals surface area (Å²) in [5, 5.41) is 122. The van der Waals surface area contributed by atoms with Crippen LogP contribution in [0.5, 0.6) is 0 Å². The summed E-state index contributed by atoms with van der Waals surface area (Å²) in [6, 6.07) is 16.9. The Morgan fingerprint density at radius 3 is 1.83 bits per heavy atom. The highest BCUT2D eigenvalue weighted by Crippen LogP contribution is 2.76. The van der Waals surface area contributed by atoms with E-state index in [0.717, 1.165) is 5.57 Å². The van der Waals surface area contributed by atoms with Crippen LogP contribution in [0.2, 0.25) is 0 Å². The van der Waals surface area contributed by atoms with Crippen LogP contribution in [0, 0.1) is 50.2 Å². The molecule has 10 rings (SSSR count). The number of ether oxygens (including phenoxy) is 8. The van der Waals surface area contributed by atoms with E-state index in [1.807, 2.05) is 13.8 Å². The molecule has 3 aliphatic heterocycles. The lowest BCUT2D eigenvalue weighted by molar-refractivity contribution is -0.392. The topological polar surface area (TPSA) is 348 Å². The van der Waals surface area contributed by atoms with E-state index < -0.39 is 187 Å². The van der Waals surface area contributed by atoms with Crippen LogP contribution >= 0.6 is 0 Å². The molecule has 5 aliphatic carbocycles. The van der Waals surface area contributed by atoms with Gasteiger partial charge in [-0.05, 0) is 109 Å². The maximum absolute atomic E-state index is 14.3. The van der Waals surface area contributed by atoms with Gasteiger partial charge < -0.3 is 94.1 Å². The maximum atomic E-state index is 14.3. The van der Waals surface area contributed by atoms with E-state index in [1.165, 1.54) is 0 Å². The summed E-state index contributed by atoms with van der Waals surface area (Å²) in [5.41, 5.74) is -3.02. The summed E-state index contributed by atoms with van der Waals surface area (Å²) >= 11 is 0. The molecule has 0 radical (unpaired) electrons. The number of esters is 2. The number of fused-ring (bicyclic) bond motifs is 7. The Kier molecular flexibility index (Phi) is 17.1. The second kappa shape index (κ2) is 22.9. The van der Waals surface area contributed by atoms with Gasteiger partial charge in [0.05, 0.1) is 48.6 Å². The second-order valence-electron chi connectivity index (χ2n) is 26.8. The van der Waals surface area contributed by atoms with Gasteiger partial charge in [0.1, 0.15) is 67.1 Å². The minimum Gasteiger partial charge on any atom is -0.479 e. The summed E-state index contributed by atoms with van der Waals surface area (Å²) in [6.45, 7) is 12.9. The lowest BCUT2D eigenvalue weighted by Gasteiger charge is -2.72. The van der Waals surface area contributed by atoms with Gasteiger partial charge in [-0.25, -0.2) is 14.4 Å². The highest BCUT2D eigenvalue weighted by molar-refractivity contribution is 5.90. The van der Waals surface area contributed by atoms with Gasteiger partial charge in [-0.1, -0.05) is 96.5 Å². The predicted octanol–water partition coefficient (Wildman–Crippen LogP) is 1.99. The lowest BCUT2D eigenvalue weighted by Crippen LogP contribution is -2.72. The van der Waals surface area contributed by atoms with Crippen LogP contribution in [-0.4, -0.2) is 204 Å². The summed E-state index contributed by atoms with van der Waals surface area (Å²) in [5.74, 6) is -3.55. The van der Waals surface area contributed by atoms with Gasteiger partial charge in [-0.15, -0.1) is 0 Å². The average molecular weight is 1170 g/mol. The Morgan fingerprint density at radius 2 is 1.23 bits per heavy atom. The summed E-state index contributed by atoms with van der Waals surface area (Å²) in [6.07, 6.45) is -24.2. The number of aliphatic carboxylic acids is 1. The molecule has 0 spiro atoms. The molecular formula is C61H84O22. The van der Waals surface area contributed by atoms with Gasteiger partial charge in [0, 0.05) is 5.41 Å². The van der Waals surface area contributed by atoms with Gasteiger partial charge in [-0.3, -0.25) is 0 Å². The van der Waals surface area contributed by atoms with E-state index >= 15 is 0 Å². The smallest absolute Gasteiger partial charge is 0.338 e. The van der Waals surface area contributed by atoms with Crippen LogP contribution in [0.15, 0.2) is 72.3 Å². The van der Waals surface area contributed by atoms with Crippen LogP contribution in [0.1, 0.15) is 114 Å². The van der Waals surface area contributed by atoms with E-state index in [-0.39, 0.29) is 23.8 Å². The van der Waals surface area contributed by atoms with Crippen LogP contribution in [0.25, 0.3) is 0 Å². The first-order valence-corrected chi connectivity index (χ1v) is 29.1. The number of aliphatic hydroxyl groups excluding tert-OH is 10. The average Bonchev–Trinajstić information content (AvgIpc) is 0.798. The van der Waals surface area contributed by atoms with Crippen molar-refractivity contribution in [1.82, 2.24) is 0 Å². The Balaban J connectivity index is 0.965. The molecule has 22 nitrogen and oxygen atoms in total. The molecule has 22 heteroatoms. The summed E-state index contributed by atoms with van der Waals surface area (Å²) < 4.78 is 49.5. The van der Waals surface area contributed by atoms with Gasteiger partial charge in [0.2, 0.25) is 0 Å². The van der Waals surface area contributed by atoms with Crippen molar-refractivity contribution >= 4 is 17.9 Å². The zero-order valence-electron chi connectivity index (χ0n) is 48.0. The van der Waals surface area contributed by atoms with Crippen LogP contribution in [-0.2, 0) is 42.7 Å². The van der Waals surface area contributed by atoms with Crippen molar-refractivity contribution in [3.63, 3.8) is 0 Å². The molecule has 2 aromatic rings. The number of hydrogen-bond donors (Lipinski definition) is 11. The number of rotatable bonds is 13. The summed E-state index contributed by atoms with van der Waals surface area (Å²) in [4.78, 5) is 41.2. The predicted molar refractivity (Wildman–Crippen MR) is 288 cm³/mol. The molecule has 7 fully saturated rings. The molecule has 4 saturated carbocycles. The van der Waals surface area contributed by atoms with E-state index in [9.17, 15) is 70.6 Å². The molecule has 11 N–H and O–H groups in total. The molecule has 3 heterocycles. The Morgan fingerprint density at radius 1 is 0.627 bits per heavy atom. The van der Waals surface area contributed by atoms with Gasteiger partial charge in [-0.2, -0.15) is 0 Å². The molecular weight excluding hydrogens is 1080 g/mol. The fourth-order valence-electron chi connectivity index (χ4n) is 17.0. The second-order valence-corrected chi connectivity index (χ2v) is 26.8. The van der Waals surface area contributed by atoms with Gasteiger partial charge in [0.15, 0.2) is 31.1 Å². The molecule has 3 unspecified atom stereocenters. The highest BCUT2D eigenvalue weighted by Gasteiger charge is 2.74. The van der Waals surface area contributed by atoms with Gasteiger partial charge in [0.25, 0.3) is 0 Å². The number of hydrogen-bond acceptors (Lipinski definition) is 21. The first-order chi connectivity index (χ1) is 39.1. The summed E-state index contributed by atoms with van der Waals surface area (Å²) in [7, 11) is 0. The monoisotopic (exact) mass is 1170 g/mol. The van der Waals surface area contributed by atoms with Crippen LogP contribution < -0.4 is 0 Å². The third kappa shape index (κ3) is 10.2. The molecule has 460 valence electrons. The van der Waals surface area contributed by atoms with Crippen LogP contribution in [0.4, 0.5) is 0 Å². The SMILES string of the molecule is CC1(C)CC2C3=CCC4[C@@]5(C)CC[C@H](O[C@H]6O[C@H](C(=O)O)[C@@H](O)[C@H](O[C@@H]7OC[C@@H](O)[C@H](O)[C@H]7O)[C@H]6O[C@@H]6O[C@H](CO)[C@H](O)[C@H](O)[C@H]6O)C(C)(C)C5CC[C@@]4(C)[C@]3(C)C[C@@H](O)[C@@]2(CO)[C@@H](OC(=O)c2ccccc2)[C@@H]1OC(=O)c1ccccc1. The third-order valence-corrected chi connectivity index (χ3v) is 21.7. The fraction of sp³-hybridized carbons (Fsp3) is 0.721. The minimum absolute atomic E-state index is 0.00717. The maximum Gasteiger partial charge on any atom is 0.338 e. The number of carboxylic acid groups (broad SMARTS) is 1. The minimum atomic E-state index is -2.11. The molecule has 3 saturated heterocycles. The highest BCUT2D eigenvalue weighted by atomic mass is 16.8. The van der Waals surface area contributed by atoms with Crippen molar-refractivity contribution in [3.05, 3.63) is 83.4 Å². The molecule has 0 bridgehead atoms. The van der Waals surface area contributed by atoms with E-state index in [0.29, 0.717) is 44.1 Å². The largest absolute Gasteiger partial charge is 0.479 e. The zero-order chi connectivity index (χ0) is 60.1. The Labute approximate surface area is 482 Å². The van der Waals surface area contributed by atoms with Crippen molar-refractivity contribution in [2.75, 3.05) is 19.8 Å². The zero-order valence-corrected chi connectivity index (χ0v) is 48.0. The van der Waals surface area contributed by atoms with Crippen molar-refractivity contribution in [3.8, 4) is 0 Å². The lowest BCUT2D eigenvalue weighted by atomic mass is 9.33. The molecule has 0 aromatic heterocycles. The third-order valence-electron chi connectivity index (χ3n) is 21.7. The number of carboxylic acids is 1. The quantitative estimate of drug-likeness (QED) is 0.0776. The molecule has 8 aliphatic rings. The molecule has 83 heavy (non-hydrogen) atoms. The van der Waals surface area contributed by atoms with Gasteiger partial charge >= 0.3 is 17.9 Å². The number of aliphatic hydroxyl groups is 10. The standard InChI is InChI=1S/C61H84O22/c1-56(2)24-32-31-18-19-36-58(5)22-21-38(78-55-47(81-54-43(70)41(68)40(67)34(26-62)77-54)45(44(71)46(80-55)50(72)73)79-53-42(69)39(66)33(64)27-76-53)57(3,4)35(58)20-23-59(36,6)60(31,7)25-37(65)61(32,28-63)49(83-52(75)30-16-12-9-13-17-30)48(56)82-51(74)29-14-10-8-11-15-29/h8-18,32-49,53-55,62-71H,19-28H2,1-7H3,(H,72,73)/t32?,33-,34-,35?,36?,37-,38+,39+,40+,41+,42-,43-,44+,45+,46+,47-,48+,49+,53+,54+,55+,58+,59-,60-,61+/m1/s1. The Bertz CT molecular complexity index is 2690. The molecule has 25 atom stereocenters. The van der Waals surface area contributed by atoms with Crippen molar-refractivity contribution in [2.24, 2.45) is 50.2 Å². The van der Waals surface area contributed by atoms with Crippen molar-refractivity contribution in [1.29, 1.82) is 0 Å². The molecule has 2 aromatic carbocycles. The van der Waals surface area contributed by atoms with Crippen molar-refractivity contribution in [2.45, 2.75) is 204 Å². The van der Waals surface area contributed by atoms with Crippen LogP contribution in [0.3, 0.4) is 0 Å². The normalized spacial score (nSPS) is 46.4. The Hall–Kier alpha value is -4.05. The fourth-order valence-corrected chi connectivity index (χ4v) is 17.0. The van der Waals surface area contributed by atoms with E-state index in [1.54, 1.807) is 60.7 Å². The number of benzene rings is 2.